The van der Waals surface area contributed by atoms with Gasteiger partial charge in [-0.05, 0) is 17.9 Å². The molecule has 0 aromatic rings. The summed E-state index contributed by atoms with van der Waals surface area (Å²) >= 11 is 1.71. The molecule has 0 bridgehead atoms. The van der Waals surface area contributed by atoms with Gasteiger partial charge in [0.2, 0.25) is 0 Å². The van der Waals surface area contributed by atoms with Crippen LogP contribution in [0.2, 0.25) is 0 Å². The maximum Gasteiger partial charge on any atom is 0.120 e. The van der Waals surface area contributed by atoms with Crippen LogP contribution in [0.25, 0.3) is 0 Å². The van der Waals surface area contributed by atoms with Crippen molar-refractivity contribution in [3.05, 3.63) is 0 Å². The molecule has 3 heteroatoms. The molecule has 0 saturated carbocycles. The van der Waals surface area contributed by atoms with Crippen LogP contribution in [0, 0.1) is 0 Å². The minimum Gasteiger partial charge on any atom is -0.396 e. The van der Waals surface area contributed by atoms with Gasteiger partial charge in [0.25, 0.3) is 0 Å². The Labute approximate surface area is 59.6 Å². The lowest BCUT2D eigenvalue weighted by molar-refractivity contribution is -0.107. The van der Waals surface area contributed by atoms with Crippen molar-refractivity contribution in [2.75, 3.05) is 18.1 Å². The molecule has 1 N–H and O–H groups in total. The van der Waals surface area contributed by atoms with Gasteiger partial charge in [0.05, 0.1) is 0 Å². The van der Waals surface area contributed by atoms with E-state index in [0.29, 0.717) is 6.42 Å². The molecule has 9 heavy (non-hydrogen) atoms. The number of hydrogen-bond acceptors (Lipinski definition) is 3. The van der Waals surface area contributed by atoms with Gasteiger partial charge in [-0.1, -0.05) is 0 Å². The zero-order chi connectivity index (χ0) is 6.95. The van der Waals surface area contributed by atoms with E-state index in [9.17, 15) is 4.79 Å². The summed E-state index contributed by atoms with van der Waals surface area (Å²) in [6, 6.07) is 0. The van der Waals surface area contributed by atoms with E-state index in [4.69, 9.17) is 5.11 Å². The normalized spacial score (nSPS) is 9.44. The van der Waals surface area contributed by atoms with Gasteiger partial charge in [-0.25, -0.2) is 0 Å². The van der Waals surface area contributed by atoms with E-state index in [2.05, 4.69) is 0 Å². The van der Waals surface area contributed by atoms with E-state index >= 15 is 0 Å². The van der Waals surface area contributed by atoms with Gasteiger partial charge in [0.15, 0.2) is 0 Å². The standard InChI is InChI=1S/C6H12O2S/c7-3-1-5-9-6-2-4-8/h3,8H,1-2,4-6H2. The molecular formula is C6H12O2S. The lowest BCUT2D eigenvalue weighted by Gasteiger charge is -1.93. The molecule has 0 aromatic heterocycles. The van der Waals surface area contributed by atoms with Gasteiger partial charge in [-0.2, -0.15) is 11.8 Å². The van der Waals surface area contributed by atoms with E-state index in [-0.39, 0.29) is 6.61 Å². The minimum atomic E-state index is 0.258. The number of carbonyl (C=O) groups excluding carboxylic acids is 1. The second-order valence-corrected chi connectivity index (χ2v) is 2.87. The molecule has 0 aliphatic rings. The van der Waals surface area contributed by atoms with Crippen LogP contribution in [0.15, 0.2) is 0 Å². The first-order chi connectivity index (χ1) is 4.41. The fraction of sp³-hybridized carbons (Fsp3) is 0.833. The third-order valence-electron chi connectivity index (χ3n) is 0.827. The summed E-state index contributed by atoms with van der Waals surface area (Å²) in [5.74, 6) is 1.86. The van der Waals surface area contributed by atoms with E-state index in [1.807, 2.05) is 0 Å². The van der Waals surface area contributed by atoms with E-state index < -0.39 is 0 Å². The zero-order valence-corrected chi connectivity index (χ0v) is 6.19. The molecule has 0 heterocycles. The Balaban J connectivity index is 2.66. The molecule has 0 aliphatic carbocycles. The first-order valence-corrected chi connectivity index (χ1v) is 4.19. The summed E-state index contributed by atoms with van der Waals surface area (Å²) in [4.78, 5) is 9.77. The third-order valence-corrected chi connectivity index (χ3v) is 1.93. The predicted molar refractivity (Wildman–Crippen MR) is 39.7 cm³/mol. The lowest BCUT2D eigenvalue weighted by Crippen LogP contribution is -1.87. The monoisotopic (exact) mass is 148 g/mol. The number of hydrogen-bond donors (Lipinski definition) is 1. The zero-order valence-electron chi connectivity index (χ0n) is 5.38. The first kappa shape index (κ1) is 8.98. The largest absolute Gasteiger partial charge is 0.396 e. The van der Waals surface area contributed by atoms with Crippen molar-refractivity contribution in [2.45, 2.75) is 12.8 Å². The number of rotatable bonds is 6. The summed E-state index contributed by atoms with van der Waals surface area (Å²) in [7, 11) is 0. The number of aliphatic hydroxyl groups is 1. The molecule has 0 saturated heterocycles. The number of aldehydes is 1. The third kappa shape index (κ3) is 7.98. The van der Waals surface area contributed by atoms with Crippen molar-refractivity contribution in [1.82, 2.24) is 0 Å². The van der Waals surface area contributed by atoms with Crippen molar-refractivity contribution in [3.63, 3.8) is 0 Å². The first-order valence-electron chi connectivity index (χ1n) is 3.04. The number of thioether (sulfide) groups is 1. The molecule has 0 aliphatic heterocycles. The molecule has 0 spiro atoms. The average Bonchev–Trinajstić information content (AvgIpc) is 1.89. The van der Waals surface area contributed by atoms with Gasteiger partial charge >= 0.3 is 0 Å². The van der Waals surface area contributed by atoms with E-state index in [0.717, 1.165) is 24.2 Å². The van der Waals surface area contributed by atoms with Crippen LogP contribution in [0.3, 0.4) is 0 Å². The SMILES string of the molecule is O=CCCSCCCO. The molecule has 0 radical (unpaired) electrons. The lowest BCUT2D eigenvalue weighted by atomic mass is 10.5. The highest BCUT2D eigenvalue weighted by atomic mass is 32.2. The molecule has 0 unspecified atom stereocenters. The second-order valence-electron chi connectivity index (χ2n) is 1.64. The molecular weight excluding hydrogens is 136 g/mol. The summed E-state index contributed by atoms with van der Waals surface area (Å²) in [6.45, 7) is 0.258. The highest BCUT2D eigenvalue weighted by Crippen LogP contribution is 2.01. The molecule has 0 aromatic carbocycles. The van der Waals surface area contributed by atoms with Crippen molar-refractivity contribution in [1.29, 1.82) is 0 Å². The van der Waals surface area contributed by atoms with Crippen LogP contribution in [0.1, 0.15) is 12.8 Å². The average molecular weight is 148 g/mol. The topological polar surface area (TPSA) is 37.3 Å². The van der Waals surface area contributed by atoms with Crippen LogP contribution in [-0.2, 0) is 4.79 Å². The van der Waals surface area contributed by atoms with Crippen molar-refractivity contribution in [2.24, 2.45) is 0 Å². The predicted octanol–water partition coefficient (Wildman–Crippen LogP) is 0.691. The van der Waals surface area contributed by atoms with Crippen LogP contribution in [0.5, 0.6) is 0 Å². The highest BCUT2D eigenvalue weighted by molar-refractivity contribution is 7.99. The van der Waals surface area contributed by atoms with Gasteiger partial charge < -0.3 is 9.90 Å². The maximum absolute atomic E-state index is 9.77. The van der Waals surface area contributed by atoms with Gasteiger partial charge in [0.1, 0.15) is 6.29 Å². The Hall–Kier alpha value is -0.0200. The van der Waals surface area contributed by atoms with Crippen molar-refractivity contribution < 1.29 is 9.90 Å². The van der Waals surface area contributed by atoms with Crippen LogP contribution in [0.4, 0.5) is 0 Å². The summed E-state index contributed by atoms with van der Waals surface area (Å²) in [5.41, 5.74) is 0. The Bertz CT molecular complexity index is 66.1. The molecule has 0 atom stereocenters. The number of aliphatic hydroxyl groups excluding tert-OH is 1. The van der Waals surface area contributed by atoms with Crippen molar-refractivity contribution in [3.8, 4) is 0 Å². The smallest absolute Gasteiger partial charge is 0.120 e. The summed E-state index contributed by atoms with van der Waals surface area (Å²) in [5, 5.41) is 8.34. The van der Waals surface area contributed by atoms with Crippen molar-refractivity contribution >= 4 is 18.0 Å². The van der Waals surface area contributed by atoms with E-state index in [1.54, 1.807) is 11.8 Å². The fourth-order valence-corrected chi connectivity index (χ4v) is 1.20. The van der Waals surface area contributed by atoms with Gasteiger partial charge in [-0.15, -0.1) is 0 Å². The quantitative estimate of drug-likeness (QED) is 0.445. The second kappa shape index (κ2) is 7.98. The molecule has 54 valence electrons. The fourth-order valence-electron chi connectivity index (χ4n) is 0.400. The van der Waals surface area contributed by atoms with Crippen LogP contribution in [-0.4, -0.2) is 29.5 Å². The molecule has 0 amide bonds. The van der Waals surface area contributed by atoms with Gasteiger partial charge in [-0.3, -0.25) is 0 Å². The maximum atomic E-state index is 9.77. The highest BCUT2D eigenvalue weighted by Gasteiger charge is 1.86. The van der Waals surface area contributed by atoms with E-state index in [1.165, 1.54) is 0 Å². The molecule has 0 rings (SSSR count). The molecule has 2 nitrogen and oxygen atoms in total. The Morgan fingerprint density at radius 1 is 1.44 bits per heavy atom. The summed E-state index contributed by atoms with van der Waals surface area (Å²) < 4.78 is 0. The Kier molecular flexibility index (Phi) is 7.96. The Morgan fingerprint density at radius 3 is 2.78 bits per heavy atom. The van der Waals surface area contributed by atoms with Gasteiger partial charge in [0, 0.05) is 13.0 Å². The van der Waals surface area contributed by atoms with Crippen LogP contribution >= 0.6 is 11.8 Å². The minimum absolute atomic E-state index is 0.258. The summed E-state index contributed by atoms with van der Waals surface area (Å²) in [6.07, 6.45) is 2.39. The molecule has 0 fully saturated rings. The van der Waals surface area contributed by atoms with Crippen LogP contribution < -0.4 is 0 Å². The number of carbonyl (C=O) groups is 1. The Morgan fingerprint density at radius 2 is 2.22 bits per heavy atom.